The molecule has 3 heteroatoms. The molecule has 2 heterocycles. The molecule has 2 nitrogen and oxygen atoms in total. The van der Waals surface area contributed by atoms with Crippen molar-refractivity contribution in [3.63, 3.8) is 0 Å². The average molecular weight is 387 g/mol. The van der Waals surface area contributed by atoms with Crippen LogP contribution in [0.5, 0.6) is 5.75 Å². The number of benzene rings is 1. The van der Waals surface area contributed by atoms with E-state index in [0.29, 0.717) is 0 Å². The summed E-state index contributed by atoms with van der Waals surface area (Å²) >= 11 is 1.92. The van der Waals surface area contributed by atoms with Gasteiger partial charge in [-0.05, 0) is 74.1 Å². The smallest absolute Gasteiger partial charge is 0.199 e. The summed E-state index contributed by atoms with van der Waals surface area (Å²) in [4.78, 5) is 2.84. The van der Waals surface area contributed by atoms with Crippen LogP contribution >= 0.6 is 11.3 Å². The van der Waals surface area contributed by atoms with Gasteiger partial charge in [0.05, 0.1) is 6.61 Å². The quantitative estimate of drug-likeness (QED) is 0.393. The molecular weight excluding hydrogens is 352 g/mol. The lowest BCUT2D eigenvalue weighted by Gasteiger charge is -2.23. The zero-order chi connectivity index (χ0) is 18.9. The van der Waals surface area contributed by atoms with Crippen LogP contribution in [0.25, 0.3) is 10.4 Å². The molecule has 1 fully saturated rings. The van der Waals surface area contributed by atoms with E-state index in [2.05, 4.69) is 44.2 Å². The van der Waals surface area contributed by atoms with Crippen LogP contribution in [0.4, 0.5) is 0 Å². The molecule has 3 rings (SSSR count). The second kappa shape index (κ2) is 10.9. The fourth-order valence-electron chi connectivity index (χ4n) is 3.73. The highest BCUT2D eigenvalue weighted by Crippen LogP contribution is 2.35. The van der Waals surface area contributed by atoms with Gasteiger partial charge in [-0.25, -0.2) is 0 Å². The average Bonchev–Trinajstić information content (AvgIpc) is 3.06. The number of rotatable bonds is 10. The summed E-state index contributed by atoms with van der Waals surface area (Å²) in [5.74, 6) is 0.913. The summed E-state index contributed by atoms with van der Waals surface area (Å²) in [7, 11) is 0. The van der Waals surface area contributed by atoms with Gasteiger partial charge in [0.2, 0.25) is 0 Å². The maximum absolute atomic E-state index is 5.97. The van der Waals surface area contributed by atoms with Crippen LogP contribution in [0.3, 0.4) is 0 Å². The Morgan fingerprint density at radius 3 is 2.56 bits per heavy atom. The number of aryl methyl sites for hydroxylation is 2. The molecule has 1 atom stereocenters. The highest BCUT2D eigenvalue weighted by molar-refractivity contribution is 7.15. The molecule has 0 amide bonds. The number of hydrogen-bond acceptors (Lipinski definition) is 3. The number of thiophene rings is 1. The highest BCUT2D eigenvalue weighted by Gasteiger charge is 2.15. The van der Waals surface area contributed by atoms with E-state index < -0.39 is 0 Å². The highest BCUT2D eigenvalue weighted by atomic mass is 32.1. The van der Waals surface area contributed by atoms with E-state index in [0.717, 1.165) is 25.2 Å². The lowest BCUT2D eigenvalue weighted by Crippen LogP contribution is -2.24. The minimum Gasteiger partial charge on any atom is -0.465 e. The van der Waals surface area contributed by atoms with E-state index in [1.54, 1.807) is 0 Å². The first-order valence-electron chi connectivity index (χ1n) is 10.7. The Morgan fingerprint density at radius 2 is 1.81 bits per heavy atom. The molecule has 1 aliphatic rings. The van der Waals surface area contributed by atoms with Gasteiger partial charge in [-0.1, -0.05) is 39.0 Å². The van der Waals surface area contributed by atoms with Crippen molar-refractivity contribution in [1.82, 2.24) is 0 Å². The third kappa shape index (κ3) is 6.36. The van der Waals surface area contributed by atoms with E-state index >= 15 is 0 Å². The first-order valence-corrected chi connectivity index (χ1v) is 11.6. The zero-order valence-corrected chi connectivity index (χ0v) is 17.8. The molecule has 2 aromatic rings. The molecule has 1 unspecified atom stereocenters. The van der Waals surface area contributed by atoms with Gasteiger partial charge in [0, 0.05) is 16.2 Å². The van der Waals surface area contributed by atoms with Gasteiger partial charge in [0.1, 0.15) is 5.75 Å². The van der Waals surface area contributed by atoms with Crippen LogP contribution in [0.15, 0.2) is 30.3 Å². The summed E-state index contributed by atoms with van der Waals surface area (Å²) in [6.07, 6.45) is 12.6. The van der Waals surface area contributed by atoms with Crippen molar-refractivity contribution in [2.24, 2.45) is 0 Å². The van der Waals surface area contributed by atoms with Gasteiger partial charge in [-0.3, -0.25) is 0 Å². The SMILES string of the molecule is CCCCCCCCc1cc(C)sc1-c1ccc(OC2CCCCO2)cc1. The topological polar surface area (TPSA) is 18.5 Å². The van der Waals surface area contributed by atoms with Crippen LogP contribution in [-0.4, -0.2) is 12.9 Å². The maximum Gasteiger partial charge on any atom is 0.199 e. The molecule has 1 aromatic heterocycles. The Bertz CT molecular complexity index is 668. The fourth-order valence-corrected chi connectivity index (χ4v) is 4.80. The Balaban J connectivity index is 1.57. The minimum atomic E-state index is -0.0724. The van der Waals surface area contributed by atoms with E-state index in [9.17, 15) is 0 Å². The number of ether oxygens (including phenoxy) is 2. The predicted molar refractivity (Wildman–Crippen MR) is 116 cm³/mol. The van der Waals surface area contributed by atoms with Crippen molar-refractivity contribution >= 4 is 11.3 Å². The Labute approximate surface area is 168 Å². The molecule has 1 aliphatic heterocycles. The van der Waals surface area contributed by atoms with Crippen LogP contribution in [0.1, 0.15) is 75.2 Å². The molecular formula is C24H34O2S. The lowest BCUT2D eigenvalue weighted by molar-refractivity contribution is -0.105. The molecule has 0 saturated carbocycles. The van der Waals surface area contributed by atoms with Crippen molar-refractivity contribution in [3.8, 4) is 16.2 Å². The van der Waals surface area contributed by atoms with Crippen molar-refractivity contribution < 1.29 is 9.47 Å². The van der Waals surface area contributed by atoms with E-state index in [1.165, 1.54) is 72.2 Å². The zero-order valence-electron chi connectivity index (χ0n) is 17.0. The molecule has 0 spiro atoms. The largest absolute Gasteiger partial charge is 0.465 e. The van der Waals surface area contributed by atoms with Crippen LogP contribution < -0.4 is 4.74 Å². The van der Waals surface area contributed by atoms with Crippen molar-refractivity contribution in [2.45, 2.75) is 84.3 Å². The van der Waals surface area contributed by atoms with Gasteiger partial charge in [-0.15, -0.1) is 11.3 Å². The second-order valence-electron chi connectivity index (χ2n) is 7.67. The van der Waals surface area contributed by atoms with Crippen molar-refractivity contribution in [1.29, 1.82) is 0 Å². The molecule has 1 aromatic carbocycles. The van der Waals surface area contributed by atoms with E-state index in [4.69, 9.17) is 9.47 Å². The van der Waals surface area contributed by atoms with Crippen molar-refractivity contribution in [2.75, 3.05) is 6.61 Å². The molecule has 1 saturated heterocycles. The first-order chi connectivity index (χ1) is 13.3. The van der Waals surface area contributed by atoms with Gasteiger partial charge in [0.25, 0.3) is 0 Å². The fraction of sp³-hybridized carbons (Fsp3) is 0.583. The lowest BCUT2D eigenvalue weighted by atomic mass is 10.0. The Morgan fingerprint density at radius 1 is 1.04 bits per heavy atom. The molecule has 0 aliphatic carbocycles. The van der Waals surface area contributed by atoms with Gasteiger partial charge in [0.15, 0.2) is 6.29 Å². The van der Waals surface area contributed by atoms with E-state index in [-0.39, 0.29) is 6.29 Å². The van der Waals surface area contributed by atoms with E-state index in [1.807, 2.05) is 11.3 Å². The minimum absolute atomic E-state index is 0.0724. The third-order valence-corrected chi connectivity index (χ3v) is 6.40. The number of hydrogen-bond donors (Lipinski definition) is 0. The maximum atomic E-state index is 5.97. The number of unbranched alkanes of at least 4 members (excludes halogenated alkanes) is 5. The summed E-state index contributed by atoms with van der Waals surface area (Å²) in [5, 5.41) is 0. The standard InChI is InChI=1S/C24H34O2S/c1-3-4-5-6-7-8-11-21-18-19(2)27-24(21)20-13-15-22(16-14-20)26-23-12-9-10-17-25-23/h13-16,18,23H,3-12,17H2,1-2H3. The van der Waals surface area contributed by atoms with Crippen LogP contribution in [-0.2, 0) is 11.2 Å². The van der Waals surface area contributed by atoms with Crippen LogP contribution in [0.2, 0.25) is 0 Å². The van der Waals surface area contributed by atoms with Gasteiger partial charge < -0.3 is 9.47 Å². The molecule has 27 heavy (non-hydrogen) atoms. The Kier molecular flexibility index (Phi) is 8.22. The predicted octanol–water partition coefficient (Wildman–Crippen LogP) is 7.53. The normalized spacial score (nSPS) is 17.2. The van der Waals surface area contributed by atoms with Gasteiger partial charge in [-0.2, -0.15) is 0 Å². The van der Waals surface area contributed by atoms with Crippen molar-refractivity contribution in [3.05, 3.63) is 40.8 Å². The molecule has 0 N–H and O–H groups in total. The monoisotopic (exact) mass is 386 g/mol. The molecule has 0 bridgehead atoms. The Hall–Kier alpha value is -1.32. The first kappa shape index (κ1) is 20.4. The summed E-state index contributed by atoms with van der Waals surface area (Å²) in [5.41, 5.74) is 2.82. The van der Waals surface area contributed by atoms with Crippen LogP contribution in [0, 0.1) is 6.92 Å². The second-order valence-corrected chi connectivity index (χ2v) is 8.92. The van der Waals surface area contributed by atoms with Gasteiger partial charge >= 0.3 is 0 Å². The summed E-state index contributed by atoms with van der Waals surface area (Å²) in [6, 6.07) is 11.0. The molecule has 0 radical (unpaired) electrons. The molecule has 148 valence electrons. The summed E-state index contributed by atoms with van der Waals surface area (Å²) < 4.78 is 11.7. The summed E-state index contributed by atoms with van der Waals surface area (Å²) in [6.45, 7) is 5.31. The third-order valence-electron chi connectivity index (χ3n) is 5.25.